The Balaban J connectivity index is 2.21. The molecule has 0 aliphatic carbocycles. The number of thiophene rings is 1. The number of nitrogens with one attached hydrogen (secondary N) is 1. The summed E-state index contributed by atoms with van der Waals surface area (Å²) >= 11 is 1.56. The molecule has 0 saturated heterocycles. The molecule has 0 spiro atoms. The molecule has 0 amide bonds. The highest BCUT2D eigenvalue weighted by atomic mass is 32.1. The van der Waals surface area contributed by atoms with Gasteiger partial charge < -0.3 is 5.32 Å². The van der Waals surface area contributed by atoms with E-state index in [0.29, 0.717) is 5.92 Å². The minimum absolute atomic E-state index is 0.00359. The van der Waals surface area contributed by atoms with Gasteiger partial charge in [-0.1, -0.05) is 19.9 Å². The van der Waals surface area contributed by atoms with Gasteiger partial charge >= 0.3 is 6.18 Å². The van der Waals surface area contributed by atoms with Crippen LogP contribution >= 0.6 is 11.3 Å². The lowest BCUT2D eigenvalue weighted by atomic mass is 10.0. The summed E-state index contributed by atoms with van der Waals surface area (Å²) in [6, 6.07) is 4.65. The number of halogens is 3. The zero-order valence-electron chi connectivity index (χ0n) is 11.7. The first kappa shape index (κ1) is 15.8. The van der Waals surface area contributed by atoms with E-state index in [9.17, 15) is 13.2 Å². The summed E-state index contributed by atoms with van der Waals surface area (Å²) in [4.78, 5) is 8.51. The zero-order valence-corrected chi connectivity index (χ0v) is 12.5. The normalized spacial score (nSPS) is 13.4. The molecule has 0 fully saturated rings. The molecule has 2 heterocycles. The van der Waals surface area contributed by atoms with Crippen LogP contribution in [0.1, 0.15) is 36.9 Å². The van der Waals surface area contributed by atoms with E-state index >= 15 is 0 Å². The van der Waals surface area contributed by atoms with Crippen molar-refractivity contribution < 1.29 is 13.2 Å². The lowest BCUT2D eigenvalue weighted by molar-refractivity contribution is -0.141. The summed E-state index contributed by atoms with van der Waals surface area (Å²) in [6.45, 7) is 4.13. The molecular formula is C14H16F3N3S. The molecule has 0 aliphatic rings. The number of aromatic nitrogens is 2. The van der Waals surface area contributed by atoms with Crippen LogP contribution in [0.25, 0.3) is 0 Å². The van der Waals surface area contributed by atoms with Crippen LogP contribution in [0.15, 0.2) is 29.8 Å². The Morgan fingerprint density at radius 2 is 2.05 bits per heavy atom. The minimum atomic E-state index is -4.46. The number of alkyl halides is 3. The first-order chi connectivity index (χ1) is 9.86. The molecule has 0 bridgehead atoms. The molecule has 2 aromatic rings. The van der Waals surface area contributed by atoms with E-state index in [0.717, 1.165) is 23.6 Å². The van der Waals surface area contributed by atoms with Crippen LogP contribution < -0.4 is 5.32 Å². The number of nitrogens with zero attached hydrogens (tertiary/aromatic N) is 2. The molecule has 1 N–H and O–H groups in total. The van der Waals surface area contributed by atoms with Crippen LogP contribution in [0.5, 0.6) is 0 Å². The fourth-order valence-electron chi connectivity index (χ4n) is 1.95. The SMILES string of the molecule is CC(C)CC(Nc1nccc(C(F)(F)F)n1)c1cccs1. The summed E-state index contributed by atoms with van der Waals surface area (Å²) in [7, 11) is 0. The molecule has 2 aromatic heterocycles. The highest BCUT2D eigenvalue weighted by Crippen LogP contribution is 2.30. The van der Waals surface area contributed by atoms with Gasteiger partial charge in [-0.25, -0.2) is 9.97 Å². The van der Waals surface area contributed by atoms with E-state index in [1.807, 2.05) is 17.5 Å². The molecule has 1 unspecified atom stereocenters. The standard InChI is InChI=1S/C14H16F3N3S/c1-9(2)8-10(11-4-3-7-21-11)19-13-18-6-5-12(20-13)14(15,16)17/h3-7,9-10H,8H2,1-2H3,(H,18,19,20). The topological polar surface area (TPSA) is 37.8 Å². The maximum atomic E-state index is 12.7. The van der Waals surface area contributed by atoms with E-state index in [1.54, 1.807) is 11.3 Å². The lowest BCUT2D eigenvalue weighted by Gasteiger charge is -2.19. The number of hydrogen-bond donors (Lipinski definition) is 1. The number of anilines is 1. The van der Waals surface area contributed by atoms with Crippen LogP contribution in [-0.4, -0.2) is 9.97 Å². The van der Waals surface area contributed by atoms with Crippen molar-refractivity contribution in [1.29, 1.82) is 0 Å². The van der Waals surface area contributed by atoms with Gasteiger partial charge in [-0.3, -0.25) is 0 Å². The highest BCUT2D eigenvalue weighted by Gasteiger charge is 2.33. The quantitative estimate of drug-likeness (QED) is 0.864. The van der Waals surface area contributed by atoms with Crippen molar-refractivity contribution in [2.24, 2.45) is 5.92 Å². The van der Waals surface area contributed by atoms with Crippen molar-refractivity contribution in [3.8, 4) is 0 Å². The predicted octanol–water partition coefficient (Wildman–Crippen LogP) is 4.76. The van der Waals surface area contributed by atoms with Crippen LogP contribution in [0.4, 0.5) is 19.1 Å². The summed E-state index contributed by atoms with van der Waals surface area (Å²) in [6.07, 6.45) is -2.55. The average Bonchev–Trinajstić information content (AvgIpc) is 2.90. The predicted molar refractivity (Wildman–Crippen MR) is 77.2 cm³/mol. The van der Waals surface area contributed by atoms with Gasteiger partial charge in [0.1, 0.15) is 5.69 Å². The third-order valence-electron chi connectivity index (χ3n) is 2.84. The fourth-order valence-corrected chi connectivity index (χ4v) is 2.74. The molecule has 7 heteroatoms. The Kier molecular flexibility index (Phi) is 4.82. The molecule has 0 aliphatic heterocycles. The molecular weight excluding hydrogens is 299 g/mol. The maximum Gasteiger partial charge on any atom is 0.433 e. The average molecular weight is 315 g/mol. The van der Waals surface area contributed by atoms with Crippen LogP contribution in [0.3, 0.4) is 0 Å². The van der Waals surface area contributed by atoms with Crippen molar-refractivity contribution in [3.05, 3.63) is 40.3 Å². The van der Waals surface area contributed by atoms with E-state index in [2.05, 4.69) is 29.1 Å². The lowest BCUT2D eigenvalue weighted by Crippen LogP contribution is -2.16. The molecule has 114 valence electrons. The van der Waals surface area contributed by atoms with E-state index < -0.39 is 11.9 Å². The second-order valence-corrected chi connectivity index (χ2v) is 6.08. The van der Waals surface area contributed by atoms with Crippen molar-refractivity contribution in [2.75, 3.05) is 5.32 Å². The van der Waals surface area contributed by atoms with E-state index in [-0.39, 0.29) is 12.0 Å². The third kappa shape index (κ3) is 4.42. The molecule has 2 rings (SSSR count). The second-order valence-electron chi connectivity index (χ2n) is 5.11. The summed E-state index contributed by atoms with van der Waals surface area (Å²) in [5.41, 5.74) is -0.936. The molecule has 0 radical (unpaired) electrons. The van der Waals surface area contributed by atoms with Crippen LogP contribution in [0.2, 0.25) is 0 Å². The Hall–Kier alpha value is -1.63. The number of hydrogen-bond acceptors (Lipinski definition) is 4. The Morgan fingerprint density at radius 1 is 1.29 bits per heavy atom. The van der Waals surface area contributed by atoms with Crippen molar-refractivity contribution in [1.82, 2.24) is 9.97 Å². The highest BCUT2D eigenvalue weighted by molar-refractivity contribution is 7.10. The summed E-state index contributed by atoms with van der Waals surface area (Å²) in [5, 5.41) is 4.96. The first-order valence-corrected chi connectivity index (χ1v) is 7.44. The van der Waals surface area contributed by atoms with Crippen LogP contribution in [0, 0.1) is 5.92 Å². The Labute approximate surface area is 125 Å². The van der Waals surface area contributed by atoms with E-state index in [1.165, 1.54) is 0 Å². The van der Waals surface area contributed by atoms with E-state index in [4.69, 9.17) is 0 Å². The molecule has 3 nitrogen and oxygen atoms in total. The molecule has 0 aromatic carbocycles. The second kappa shape index (κ2) is 6.43. The Bertz CT molecular complexity index is 567. The monoisotopic (exact) mass is 315 g/mol. The van der Waals surface area contributed by atoms with Gasteiger partial charge in [-0.2, -0.15) is 13.2 Å². The van der Waals surface area contributed by atoms with Gasteiger partial charge in [0.2, 0.25) is 5.95 Å². The molecule has 1 atom stereocenters. The van der Waals surface area contributed by atoms with Crippen molar-refractivity contribution in [2.45, 2.75) is 32.5 Å². The minimum Gasteiger partial charge on any atom is -0.347 e. The summed E-state index contributed by atoms with van der Waals surface area (Å²) in [5.74, 6) is 0.402. The zero-order chi connectivity index (χ0) is 15.5. The fraction of sp³-hybridized carbons (Fsp3) is 0.429. The first-order valence-electron chi connectivity index (χ1n) is 6.56. The van der Waals surface area contributed by atoms with Crippen molar-refractivity contribution in [3.63, 3.8) is 0 Å². The number of rotatable bonds is 5. The summed E-state index contributed by atoms with van der Waals surface area (Å²) < 4.78 is 38.0. The molecule has 21 heavy (non-hydrogen) atoms. The largest absolute Gasteiger partial charge is 0.433 e. The van der Waals surface area contributed by atoms with Gasteiger partial charge in [0.05, 0.1) is 6.04 Å². The van der Waals surface area contributed by atoms with Gasteiger partial charge in [-0.15, -0.1) is 11.3 Å². The third-order valence-corrected chi connectivity index (χ3v) is 3.83. The van der Waals surface area contributed by atoms with Crippen molar-refractivity contribution >= 4 is 17.3 Å². The van der Waals surface area contributed by atoms with Crippen LogP contribution in [-0.2, 0) is 6.18 Å². The van der Waals surface area contributed by atoms with Gasteiger partial charge in [0.15, 0.2) is 0 Å². The molecule has 0 saturated carbocycles. The maximum absolute atomic E-state index is 12.7. The Morgan fingerprint density at radius 3 is 2.62 bits per heavy atom. The van der Waals surface area contributed by atoms with Gasteiger partial charge in [0.25, 0.3) is 0 Å². The van der Waals surface area contributed by atoms with Gasteiger partial charge in [-0.05, 0) is 29.9 Å². The van der Waals surface area contributed by atoms with Gasteiger partial charge in [0, 0.05) is 11.1 Å². The smallest absolute Gasteiger partial charge is 0.347 e.